The summed E-state index contributed by atoms with van der Waals surface area (Å²) in [5, 5.41) is 0.674. The normalized spacial score (nSPS) is 8.92. The van der Waals surface area contributed by atoms with Crippen molar-refractivity contribution >= 4 is 40.2 Å². The van der Waals surface area contributed by atoms with E-state index in [2.05, 4.69) is 40.4 Å². The molecule has 62 valence electrons. The number of rotatable bonds is 0. The zero-order valence-electron chi connectivity index (χ0n) is 6.14. The molecule has 0 atom stereocenters. The molecular weight excluding hydrogens is 256 g/mol. The maximum atomic E-state index is 5.88. The predicted molar refractivity (Wildman–Crippen MR) is 59.9 cm³/mol. The highest BCUT2D eigenvalue weighted by molar-refractivity contribution is 9.10. The van der Waals surface area contributed by atoms with Crippen LogP contribution in [0.4, 0.5) is 0 Å². The van der Waals surface area contributed by atoms with Crippen molar-refractivity contribution in [2.75, 3.05) is 5.75 Å². The van der Waals surface area contributed by atoms with Gasteiger partial charge in [-0.05, 0) is 18.2 Å². The largest absolute Gasteiger partial charge is 0.166 e. The van der Waals surface area contributed by atoms with Gasteiger partial charge in [0.2, 0.25) is 0 Å². The van der Waals surface area contributed by atoms with E-state index in [4.69, 9.17) is 11.6 Å². The van der Waals surface area contributed by atoms with Crippen LogP contribution < -0.4 is 0 Å². The van der Waals surface area contributed by atoms with Crippen molar-refractivity contribution in [3.63, 3.8) is 0 Å². The van der Waals surface area contributed by atoms with Gasteiger partial charge in [0.25, 0.3) is 0 Å². The van der Waals surface area contributed by atoms with Gasteiger partial charge < -0.3 is 0 Å². The summed E-state index contributed by atoms with van der Waals surface area (Å²) >= 11 is 13.2. The molecule has 0 aromatic heterocycles. The first kappa shape index (κ1) is 9.98. The fourth-order valence-electron chi connectivity index (χ4n) is 0.728. The van der Waals surface area contributed by atoms with Gasteiger partial charge in [-0.1, -0.05) is 39.4 Å². The van der Waals surface area contributed by atoms with Crippen molar-refractivity contribution in [2.24, 2.45) is 0 Å². The van der Waals surface area contributed by atoms with Gasteiger partial charge in [-0.3, -0.25) is 0 Å². The Morgan fingerprint density at radius 1 is 1.50 bits per heavy atom. The van der Waals surface area contributed by atoms with E-state index in [0.29, 0.717) is 10.8 Å². The van der Waals surface area contributed by atoms with Crippen molar-refractivity contribution in [1.29, 1.82) is 0 Å². The van der Waals surface area contributed by atoms with Gasteiger partial charge in [0.15, 0.2) is 0 Å². The van der Waals surface area contributed by atoms with E-state index in [9.17, 15) is 0 Å². The van der Waals surface area contributed by atoms with E-state index >= 15 is 0 Å². The van der Waals surface area contributed by atoms with E-state index in [0.717, 1.165) is 10.0 Å². The number of halogens is 2. The molecule has 0 nitrogen and oxygen atoms in total. The highest BCUT2D eigenvalue weighted by atomic mass is 79.9. The van der Waals surface area contributed by atoms with Crippen LogP contribution in [0.5, 0.6) is 0 Å². The van der Waals surface area contributed by atoms with E-state index in [1.54, 1.807) is 0 Å². The van der Waals surface area contributed by atoms with Crippen LogP contribution in [0.25, 0.3) is 0 Å². The van der Waals surface area contributed by atoms with Gasteiger partial charge in [0.05, 0.1) is 10.8 Å². The van der Waals surface area contributed by atoms with Crippen molar-refractivity contribution < 1.29 is 0 Å². The van der Waals surface area contributed by atoms with E-state index in [-0.39, 0.29) is 0 Å². The molecule has 12 heavy (non-hydrogen) atoms. The smallest absolute Gasteiger partial charge is 0.0563 e. The Bertz CT molecular complexity index is 338. The van der Waals surface area contributed by atoms with Crippen LogP contribution in [0.15, 0.2) is 22.7 Å². The van der Waals surface area contributed by atoms with Crippen LogP contribution in [-0.2, 0) is 0 Å². The summed E-state index contributed by atoms with van der Waals surface area (Å²) < 4.78 is 0.982. The van der Waals surface area contributed by atoms with Crippen LogP contribution in [0.2, 0.25) is 5.02 Å². The number of benzene rings is 1. The lowest BCUT2D eigenvalue weighted by molar-refractivity contribution is 1.60. The Morgan fingerprint density at radius 2 is 2.25 bits per heavy atom. The third kappa shape index (κ3) is 2.75. The molecule has 0 aliphatic heterocycles. The SMILES string of the molecule is SCC#Cc1cc(Br)ccc1Cl. The molecule has 0 unspecified atom stereocenters. The minimum atomic E-state index is 0.544. The average molecular weight is 262 g/mol. The van der Waals surface area contributed by atoms with Crippen LogP contribution in [-0.4, -0.2) is 5.75 Å². The summed E-state index contributed by atoms with van der Waals surface area (Å²) in [6, 6.07) is 5.58. The Morgan fingerprint density at radius 3 is 2.92 bits per heavy atom. The van der Waals surface area contributed by atoms with Crippen LogP contribution in [0.3, 0.4) is 0 Å². The maximum absolute atomic E-state index is 5.88. The van der Waals surface area contributed by atoms with Crippen molar-refractivity contribution in [2.45, 2.75) is 0 Å². The van der Waals surface area contributed by atoms with Crippen LogP contribution >= 0.6 is 40.2 Å². The first-order chi connectivity index (χ1) is 5.74. The van der Waals surface area contributed by atoms with Gasteiger partial charge in [-0.2, -0.15) is 12.6 Å². The van der Waals surface area contributed by atoms with Crippen LogP contribution in [0.1, 0.15) is 5.56 Å². The number of thiol groups is 1. The lowest BCUT2D eigenvalue weighted by atomic mass is 10.2. The third-order valence-corrected chi connectivity index (χ3v) is 2.21. The Kier molecular flexibility index (Phi) is 4.00. The summed E-state index contributed by atoms with van der Waals surface area (Å²) in [4.78, 5) is 0. The monoisotopic (exact) mass is 260 g/mol. The van der Waals surface area contributed by atoms with Gasteiger partial charge >= 0.3 is 0 Å². The van der Waals surface area contributed by atoms with E-state index < -0.39 is 0 Å². The van der Waals surface area contributed by atoms with Crippen LogP contribution in [0, 0.1) is 11.8 Å². The minimum absolute atomic E-state index is 0.544. The van der Waals surface area contributed by atoms with Gasteiger partial charge in [-0.25, -0.2) is 0 Å². The second-order valence-electron chi connectivity index (χ2n) is 2.08. The average Bonchev–Trinajstić information content (AvgIpc) is 2.07. The third-order valence-electron chi connectivity index (χ3n) is 1.23. The summed E-state index contributed by atoms with van der Waals surface area (Å²) in [5.41, 5.74) is 0.833. The lowest BCUT2D eigenvalue weighted by Gasteiger charge is -1.95. The Labute approximate surface area is 90.9 Å². The quantitative estimate of drug-likeness (QED) is 0.537. The molecule has 0 aliphatic carbocycles. The molecule has 0 radical (unpaired) electrons. The number of hydrogen-bond acceptors (Lipinski definition) is 1. The van der Waals surface area contributed by atoms with E-state index in [1.165, 1.54) is 0 Å². The van der Waals surface area contributed by atoms with Crippen molar-refractivity contribution in [3.8, 4) is 11.8 Å². The topological polar surface area (TPSA) is 0 Å². The zero-order valence-corrected chi connectivity index (χ0v) is 9.38. The first-order valence-corrected chi connectivity index (χ1v) is 5.09. The summed E-state index contributed by atoms with van der Waals surface area (Å²) in [7, 11) is 0. The van der Waals surface area contributed by atoms with Gasteiger partial charge in [0, 0.05) is 10.0 Å². The summed E-state index contributed by atoms with van der Waals surface area (Å²) in [6.45, 7) is 0. The molecule has 0 heterocycles. The predicted octanol–water partition coefficient (Wildman–Crippen LogP) is 3.38. The fraction of sp³-hybridized carbons (Fsp3) is 0.111. The second-order valence-corrected chi connectivity index (χ2v) is 3.72. The molecule has 0 fully saturated rings. The first-order valence-electron chi connectivity index (χ1n) is 3.29. The molecular formula is C9H6BrClS. The standard InChI is InChI=1S/C9H6BrClS/c10-8-3-4-9(11)7(6-8)2-1-5-12/h3-4,6,12H,5H2. The Hall–Kier alpha value is -0.100. The zero-order chi connectivity index (χ0) is 8.97. The fourth-order valence-corrected chi connectivity index (χ4v) is 1.33. The molecule has 1 aromatic carbocycles. The molecule has 0 amide bonds. The molecule has 0 aliphatic rings. The minimum Gasteiger partial charge on any atom is -0.166 e. The molecule has 0 bridgehead atoms. The molecule has 1 rings (SSSR count). The van der Waals surface area contributed by atoms with E-state index in [1.807, 2.05) is 18.2 Å². The van der Waals surface area contributed by atoms with Crippen molar-refractivity contribution in [3.05, 3.63) is 33.3 Å². The highest BCUT2D eigenvalue weighted by Gasteiger charge is 1.96. The molecule has 0 spiro atoms. The molecule has 1 aromatic rings. The lowest BCUT2D eigenvalue weighted by Crippen LogP contribution is -1.77. The molecule has 3 heteroatoms. The highest BCUT2D eigenvalue weighted by Crippen LogP contribution is 2.19. The number of hydrogen-bond donors (Lipinski definition) is 1. The molecule has 0 saturated heterocycles. The summed E-state index contributed by atoms with van der Waals surface area (Å²) in [5.74, 6) is 6.30. The maximum Gasteiger partial charge on any atom is 0.0563 e. The molecule has 0 saturated carbocycles. The second kappa shape index (κ2) is 4.81. The van der Waals surface area contributed by atoms with Gasteiger partial charge in [0.1, 0.15) is 0 Å². The van der Waals surface area contributed by atoms with Crippen molar-refractivity contribution in [1.82, 2.24) is 0 Å². The van der Waals surface area contributed by atoms with Gasteiger partial charge in [-0.15, -0.1) is 0 Å². The Balaban J connectivity index is 3.05. The summed E-state index contributed by atoms with van der Waals surface area (Å²) in [6.07, 6.45) is 0. The molecule has 0 N–H and O–H groups in total.